The lowest BCUT2D eigenvalue weighted by Crippen LogP contribution is -2.39. The molecule has 5 aliphatic rings. The number of carbonyl (C=O) groups is 3. The molecule has 0 unspecified atom stereocenters. The summed E-state index contributed by atoms with van der Waals surface area (Å²) in [5.41, 5.74) is 11.6. The lowest BCUT2D eigenvalue weighted by Gasteiger charge is -2.26. The van der Waals surface area contributed by atoms with Crippen LogP contribution >= 0.6 is 0 Å². The van der Waals surface area contributed by atoms with Gasteiger partial charge >= 0.3 is 0 Å². The summed E-state index contributed by atoms with van der Waals surface area (Å²) in [6.07, 6.45) is 13.0. The number of ketones is 2. The maximum atomic E-state index is 14.0. The van der Waals surface area contributed by atoms with Crippen LogP contribution in [0.4, 0.5) is 59.8 Å². The third-order valence-electron chi connectivity index (χ3n) is 24.4. The third-order valence-corrected chi connectivity index (χ3v) is 24.4. The SMILES string of the molecule is C=C1NC[C@@H](C(=O)CC)Oc2ccc(F)cc2[C@@H](C)Nc2ccn3ncc1c3n2.C=C1NC[C@H](C(=O)CC)Oc2ccc(F)cc2[C@@H](C)Nc2ccn3ncc1c3n2.C=C1NC[C@H](C(F)F)Oc2ccc(F)cc2[C@@H](C)Nc2ccn3ncc1c3n2.C=C1NC[C@H](CN(C)C)Oc2ccc(F)cc2[C@@H](C)Nc2ccn3ncc1c3n2.CC[C@H]1CNC(=O)c2cnn3ccc(nc23)N[C@H](CC)c2cc(F)ccc2O1. The van der Waals surface area contributed by atoms with Crippen molar-refractivity contribution in [2.45, 2.75) is 148 Å². The molecule has 744 valence electrons. The van der Waals surface area contributed by atoms with E-state index >= 15 is 0 Å². The van der Waals surface area contributed by atoms with Crippen molar-refractivity contribution in [3.05, 3.63) is 294 Å². The number of rotatable bonds is 9. The molecule has 10 atom stereocenters. The van der Waals surface area contributed by atoms with Crippen molar-refractivity contribution < 1.29 is 68.8 Å². The molecule has 41 heteroatoms. The minimum absolute atomic E-state index is 0.0603. The Labute approximate surface area is 818 Å². The summed E-state index contributed by atoms with van der Waals surface area (Å²) in [6, 6.07) is 29.0. The molecule has 0 radical (unpaired) electrons. The molecule has 15 heterocycles. The number of likely N-dealkylation sites (N-methyl/N-ethyl adjacent to an activating group) is 1. The first-order valence-electron chi connectivity index (χ1n) is 46.7. The standard InChI is InChI=1S/C21H25FN6O.2C21H22FN5O2.C20H22FN5O2.C19H18F3N5O/c1-13-18-11-24-28-8-7-20(26-21(18)28)25-14(2)17-9-15(22)5-6-19(17)29-16(10-23-13)12-27(3)4;2*1-4-17(28)19-11-23-12(2)16-10-24-27-8-7-20(26-21(16)27)25-13(3)15-9-14(22)5-6-18(15)29-19;1-3-13-10-22-20(27)15-11-23-26-8-7-18(25-19(15)26)24-16(4-2)14-9-12(21)5-6-17(14)28-13;1-10-14-8-24-27-6-5-17(26-19(14)27)25-11(2)13-7-12(20)3-4-15(13)28-16(9-23-10)18(21)22/h5-9,11,14,16,23H,1,10,12H2,2-4H3,(H,25,26);2*5-10,13,19,23H,2,4,11H2,1,3H3,(H,25,26);5-9,11,13,16H,3-4,10H2,1-2H3,(H,22,27)(H,24,25);3-8,11,16,18,23H,1,9H2,2H3,(H,25,26)/t14-,16-;13-,19+;13-,19-;13-,16+;11-,16-/m11101/s1. The average Bonchev–Trinajstić information content (AvgIpc) is 1.68. The van der Waals surface area contributed by atoms with Crippen LogP contribution in [0.15, 0.2) is 210 Å². The minimum atomic E-state index is -2.75. The maximum absolute atomic E-state index is 14.0. The van der Waals surface area contributed by atoms with Gasteiger partial charge in [-0.25, -0.2) is 78.2 Å². The number of ether oxygens (including phenoxy) is 5. The monoisotopic (exact) mass is 1960 g/mol. The van der Waals surface area contributed by atoms with Gasteiger partial charge in [-0.2, -0.15) is 25.5 Å². The van der Waals surface area contributed by atoms with Gasteiger partial charge < -0.3 is 81.8 Å². The fraction of sp³-hybridized carbons (Fsp3) is 0.304. The first kappa shape index (κ1) is 99.6. The number of aromatic nitrogens is 15. The van der Waals surface area contributed by atoms with Gasteiger partial charge in [0.25, 0.3) is 12.3 Å². The number of nitrogens with one attached hydrogen (secondary N) is 10. The first-order chi connectivity index (χ1) is 68.8. The fourth-order valence-electron chi connectivity index (χ4n) is 16.6. The minimum Gasteiger partial charge on any atom is -0.488 e. The molecule has 34 nitrogen and oxygen atoms in total. The van der Waals surface area contributed by atoms with E-state index < -0.39 is 36.6 Å². The molecule has 0 aliphatic carbocycles. The highest BCUT2D eigenvalue weighted by Crippen LogP contribution is 2.39. The largest absolute Gasteiger partial charge is 0.488 e. The highest BCUT2D eigenvalue weighted by atomic mass is 19.3. The Balaban J connectivity index is 0.000000128. The number of hydrogen-bond acceptors (Lipinski definition) is 28. The van der Waals surface area contributed by atoms with Crippen LogP contribution in [0.1, 0.15) is 172 Å². The van der Waals surface area contributed by atoms with Crippen molar-refractivity contribution in [3.63, 3.8) is 0 Å². The van der Waals surface area contributed by atoms with Crippen molar-refractivity contribution in [1.29, 1.82) is 0 Å². The lowest BCUT2D eigenvalue weighted by atomic mass is 10.0. The van der Waals surface area contributed by atoms with E-state index in [1.807, 2.05) is 61.0 Å². The van der Waals surface area contributed by atoms with Gasteiger partial charge in [-0.05, 0) is 176 Å². The average molecular weight is 1960 g/mol. The summed E-state index contributed by atoms with van der Waals surface area (Å²) in [4.78, 5) is 62.7. The van der Waals surface area contributed by atoms with Crippen molar-refractivity contribution in [2.24, 2.45) is 0 Å². The Kier molecular flexibility index (Phi) is 30.7. The molecule has 5 aliphatic heterocycles. The molecule has 0 fully saturated rings. The number of halogens is 7. The van der Waals surface area contributed by atoms with Crippen LogP contribution in [0.5, 0.6) is 28.7 Å². The number of anilines is 5. The highest BCUT2D eigenvalue weighted by Gasteiger charge is 2.32. The molecule has 143 heavy (non-hydrogen) atoms. The van der Waals surface area contributed by atoms with E-state index in [0.717, 1.165) is 33.5 Å². The lowest BCUT2D eigenvalue weighted by molar-refractivity contribution is -0.125. The van der Waals surface area contributed by atoms with Crippen molar-refractivity contribution in [3.8, 4) is 28.7 Å². The van der Waals surface area contributed by atoms with Crippen LogP contribution < -0.4 is 76.9 Å². The van der Waals surface area contributed by atoms with E-state index in [-0.39, 0.29) is 103 Å². The number of carbonyl (C=O) groups excluding carboxylic acids is 3. The zero-order valence-corrected chi connectivity index (χ0v) is 80.1. The van der Waals surface area contributed by atoms with Crippen LogP contribution in [0, 0.1) is 29.1 Å². The number of benzene rings is 5. The topological polar surface area (TPSA) is 372 Å². The number of amides is 1. The Hall–Kier alpha value is -16.4. The third kappa shape index (κ3) is 23.2. The zero-order chi connectivity index (χ0) is 101. The quantitative estimate of drug-likeness (QED) is 0.0600. The number of hydrogen-bond donors (Lipinski definition) is 10. The summed E-state index contributed by atoms with van der Waals surface area (Å²) >= 11 is 0. The molecule has 0 saturated heterocycles. The second kappa shape index (κ2) is 44.0. The summed E-state index contributed by atoms with van der Waals surface area (Å²) in [7, 11) is 3.98. The van der Waals surface area contributed by atoms with Crippen molar-refractivity contribution in [1.82, 2.24) is 104 Å². The molecule has 10 N–H and O–H groups in total. The summed E-state index contributed by atoms with van der Waals surface area (Å²) < 4.78 is 135. The van der Waals surface area contributed by atoms with Crippen LogP contribution in [-0.2, 0) is 9.59 Å². The molecular formula is C102H109F7N26O8. The Morgan fingerprint density at radius 1 is 0.378 bits per heavy atom. The molecule has 10 bridgehead atoms. The molecule has 1 amide bonds. The Bertz CT molecular complexity index is 7080. The van der Waals surface area contributed by atoms with Gasteiger partial charge in [0.05, 0.1) is 116 Å². The summed E-state index contributed by atoms with van der Waals surface area (Å²) in [5, 5.41) is 53.2. The maximum Gasteiger partial charge on any atom is 0.276 e. The second-order valence-corrected chi connectivity index (χ2v) is 34.8. The van der Waals surface area contributed by atoms with Gasteiger partial charge in [0, 0.05) is 101 Å². The summed E-state index contributed by atoms with van der Waals surface area (Å²) in [5.74, 6) is 3.07. The van der Waals surface area contributed by atoms with Crippen molar-refractivity contribution in [2.75, 3.05) is 79.9 Å². The van der Waals surface area contributed by atoms with E-state index in [2.05, 4.69) is 135 Å². The fourth-order valence-corrected chi connectivity index (χ4v) is 16.6. The van der Waals surface area contributed by atoms with Crippen LogP contribution in [0.3, 0.4) is 0 Å². The van der Waals surface area contributed by atoms with E-state index in [9.17, 15) is 45.1 Å². The van der Waals surface area contributed by atoms with Crippen LogP contribution in [0.25, 0.3) is 51.0 Å². The number of fused-ring (bicyclic) bond motifs is 10. The molecule has 15 aromatic rings. The molecule has 20 rings (SSSR count). The summed E-state index contributed by atoms with van der Waals surface area (Å²) in [6.45, 7) is 33.1. The predicted octanol–water partition coefficient (Wildman–Crippen LogP) is 16.6. The van der Waals surface area contributed by atoms with Gasteiger partial charge in [-0.1, -0.05) is 54.0 Å². The van der Waals surface area contributed by atoms with Gasteiger partial charge in [0.15, 0.2) is 58.1 Å². The van der Waals surface area contributed by atoms with E-state index in [0.29, 0.717) is 171 Å². The van der Waals surface area contributed by atoms with Gasteiger partial charge in [-0.15, -0.1) is 0 Å². The number of alkyl halides is 2. The van der Waals surface area contributed by atoms with Crippen LogP contribution in [0.2, 0.25) is 0 Å². The second-order valence-electron chi connectivity index (χ2n) is 34.8. The molecular weight excluding hydrogens is 1850 g/mol. The highest BCUT2D eigenvalue weighted by molar-refractivity contribution is 6.00. The molecule has 5 aromatic carbocycles. The van der Waals surface area contributed by atoms with Crippen molar-refractivity contribution >= 4 is 97.6 Å². The smallest absolute Gasteiger partial charge is 0.276 e. The van der Waals surface area contributed by atoms with Gasteiger partial charge in [-0.3, -0.25) is 14.4 Å². The Morgan fingerprint density at radius 2 is 0.671 bits per heavy atom. The first-order valence-corrected chi connectivity index (χ1v) is 46.7. The molecule has 10 aromatic heterocycles. The van der Waals surface area contributed by atoms with E-state index in [1.54, 1.807) is 141 Å². The number of Topliss-reactive ketones (excluding diaryl/α,β-unsaturated/α-hetero) is 2. The molecule has 0 spiro atoms. The van der Waals surface area contributed by atoms with Gasteiger partial charge in [0.1, 0.15) is 105 Å². The Morgan fingerprint density at radius 3 is 1.01 bits per heavy atom. The zero-order valence-electron chi connectivity index (χ0n) is 80.1. The van der Waals surface area contributed by atoms with Gasteiger partial charge in [0.2, 0.25) is 0 Å². The van der Waals surface area contributed by atoms with E-state index in [4.69, 9.17) is 23.7 Å². The van der Waals surface area contributed by atoms with E-state index in [1.165, 1.54) is 72.9 Å². The van der Waals surface area contributed by atoms with Crippen LogP contribution in [-0.4, -0.2) is 186 Å². The predicted molar refractivity (Wildman–Crippen MR) is 530 cm³/mol. The molecule has 0 saturated carbocycles. The normalized spacial score (nSPS) is 19.5. The number of nitrogens with zero attached hydrogens (tertiary/aromatic N) is 16.